The molecule has 0 saturated heterocycles. The molecule has 15 heavy (non-hydrogen) atoms. The molecule has 2 aromatic rings. The van der Waals surface area contributed by atoms with Gasteiger partial charge < -0.3 is 5.73 Å². The fraction of sp³-hybridized carbons (Fsp3) is 0.364. The van der Waals surface area contributed by atoms with Gasteiger partial charge in [0, 0.05) is 11.9 Å². The molecule has 0 saturated carbocycles. The lowest BCUT2D eigenvalue weighted by Crippen LogP contribution is -2.05. The van der Waals surface area contributed by atoms with E-state index in [9.17, 15) is 0 Å². The van der Waals surface area contributed by atoms with Gasteiger partial charge in [0.05, 0.1) is 5.52 Å². The van der Waals surface area contributed by atoms with E-state index in [4.69, 9.17) is 17.3 Å². The van der Waals surface area contributed by atoms with E-state index in [-0.39, 0.29) is 0 Å². The van der Waals surface area contributed by atoms with Crippen molar-refractivity contribution < 1.29 is 0 Å². The number of hydrogen-bond acceptors (Lipinski definition) is 2. The van der Waals surface area contributed by atoms with Gasteiger partial charge in [-0.1, -0.05) is 23.7 Å². The van der Waals surface area contributed by atoms with E-state index in [0.717, 1.165) is 23.9 Å². The highest BCUT2D eigenvalue weighted by Crippen LogP contribution is 2.25. The molecule has 0 aliphatic heterocycles. The molecule has 0 spiro atoms. The van der Waals surface area contributed by atoms with Gasteiger partial charge in [0.2, 0.25) is 0 Å². The number of nitrogens with two attached hydrogens (primary N) is 1. The Hall–Kier alpha value is -1.06. The molecule has 0 aliphatic rings. The Bertz CT molecular complexity index is 476. The monoisotopic (exact) mass is 223 g/mol. The summed E-state index contributed by atoms with van der Waals surface area (Å²) in [6.07, 6.45) is 0.860. The maximum Gasteiger partial charge on any atom is 0.158 e. The summed E-state index contributed by atoms with van der Waals surface area (Å²) in [6, 6.07) is 6.08. The zero-order valence-corrected chi connectivity index (χ0v) is 9.46. The van der Waals surface area contributed by atoms with Gasteiger partial charge in [0.1, 0.15) is 0 Å². The first-order valence-electron chi connectivity index (χ1n) is 5.12. The molecule has 0 unspecified atom stereocenters. The minimum atomic E-state index is 0.575. The molecule has 2 N–H and O–H groups in total. The lowest BCUT2D eigenvalue weighted by atomic mass is 10.1. The van der Waals surface area contributed by atoms with Crippen LogP contribution in [0, 0.1) is 0 Å². The Labute approximate surface area is 93.8 Å². The van der Waals surface area contributed by atoms with E-state index in [1.807, 2.05) is 16.8 Å². The molecule has 0 atom stereocenters. The highest BCUT2D eigenvalue weighted by molar-refractivity contribution is 6.34. The summed E-state index contributed by atoms with van der Waals surface area (Å²) in [5, 5.41) is 5.89. The number of para-hydroxylation sites is 1. The first-order valence-corrected chi connectivity index (χ1v) is 5.49. The maximum absolute atomic E-state index is 6.07. The standard InChI is InChI=1S/C11H14ClN3/c1-2-15-10-8(6-7-13)4-3-5-9(10)11(12)14-15/h3-5H,2,6-7,13H2,1H3. The summed E-state index contributed by atoms with van der Waals surface area (Å²) < 4.78 is 1.93. The van der Waals surface area contributed by atoms with Crippen molar-refractivity contribution in [2.45, 2.75) is 19.9 Å². The molecule has 0 amide bonds. The third-order valence-electron chi connectivity index (χ3n) is 2.52. The Balaban J connectivity index is 2.70. The van der Waals surface area contributed by atoms with Crippen LogP contribution in [-0.2, 0) is 13.0 Å². The fourth-order valence-corrected chi connectivity index (χ4v) is 2.10. The number of aryl methyl sites for hydroxylation is 1. The Morgan fingerprint density at radius 3 is 2.93 bits per heavy atom. The van der Waals surface area contributed by atoms with Gasteiger partial charge in [-0.05, 0) is 31.5 Å². The van der Waals surface area contributed by atoms with Crippen molar-refractivity contribution in [2.75, 3.05) is 6.54 Å². The van der Waals surface area contributed by atoms with Crippen molar-refractivity contribution in [2.24, 2.45) is 5.73 Å². The van der Waals surface area contributed by atoms with Crippen LogP contribution in [0.1, 0.15) is 12.5 Å². The van der Waals surface area contributed by atoms with Crippen LogP contribution < -0.4 is 5.73 Å². The van der Waals surface area contributed by atoms with E-state index in [1.165, 1.54) is 5.56 Å². The molecule has 0 aliphatic carbocycles. The van der Waals surface area contributed by atoms with E-state index in [1.54, 1.807) is 0 Å². The molecule has 0 fully saturated rings. The topological polar surface area (TPSA) is 43.8 Å². The maximum atomic E-state index is 6.07. The second-order valence-electron chi connectivity index (χ2n) is 3.46. The van der Waals surface area contributed by atoms with Gasteiger partial charge in [-0.15, -0.1) is 0 Å². The van der Waals surface area contributed by atoms with Gasteiger partial charge in [-0.25, -0.2) is 0 Å². The van der Waals surface area contributed by atoms with Crippen molar-refractivity contribution in [3.8, 4) is 0 Å². The molecule has 1 aromatic carbocycles. The van der Waals surface area contributed by atoms with Crippen LogP contribution in [-0.4, -0.2) is 16.3 Å². The van der Waals surface area contributed by atoms with Gasteiger partial charge in [0.15, 0.2) is 5.15 Å². The Morgan fingerprint density at radius 2 is 2.27 bits per heavy atom. The minimum Gasteiger partial charge on any atom is -0.330 e. The molecule has 80 valence electrons. The zero-order valence-electron chi connectivity index (χ0n) is 8.70. The van der Waals surface area contributed by atoms with Crippen LogP contribution in [0.3, 0.4) is 0 Å². The minimum absolute atomic E-state index is 0.575. The van der Waals surface area contributed by atoms with Crippen molar-refractivity contribution in [3.63, 3.8) is 0 Å². The van der Waals surface area contributed by atoms with Gasteiger partial charge >= 0.3 is 0 Å². The van der Waals surface area contributed by atoms with Crippen molar-refractivity contribution in [1.82, 2.24) is 9.78 Å². The molecule has 2 rings (SSSR count). The van der Waals surface area contributed by atoms with Crippen LogP contribution in [0.15, 0.2) is 18.2 Å². The number of nitrogens with zero attached hydrogens (tertiary/aromatic N) is 2. The van der Waals surface area contributed by atoms with Crippen LogP contribution in [0.5, 0.6) is 0 Å². The summed E-state index contributed by atoms with van der Waals surface area (Å²) in [5.41, 5.74) is 7.93. The molecule has 1 heterocycles. The zero-order chi connectivity index (χ0) is 10.8. The second-order valence-corrected chi connectivity index (χ2v) is 3.82. The first-order chi connectivity index (χ1) is 7.27. The normalized spacial score (nSPS) is 11.1. The number of fused-ring (bicyclic) bond motifs is 1. The van der Waals surface area contributed by atoms with Crippen LogP contribution in [0.2, 0.25) is 5.15 Å². The molecule has 0 bridgehead atoms. The highest BCUT2D eigenvalue weighted by atomic mass is 35.5. The van der Waals surface area contributed by atoms with Gasteiger partial charge in [0.25, 0.3) is 0 Å². The summed E-state index contributed by atoms with van der Waals surface area (Å²) in [5.74, 6) is 0. The fourth-order valence-electron chi connectivity index (χ4n) is 1.86. The second kappa shape index (κ2) is 4.21. The Kier molecular flexibility index (Phi) is 2.93. The number of halogens is 1. The number of benzene rings is 1. The predicted octanol–water partition coefficient (Wildman–Crippen LogP) is 2.21. The average molecular weight is 224 g/mol. The van der Waals surface area contributed by atoms with E-state index >= 15 is 0 Å². The van der Waals surface area contributed by atoms with Crippen LogP contribution >= 0.6 is 11.6 Å². The number of hydrogen-bond donors (Lipinski definition) is 1. The van der Waals surface area contributed by atoms with Crippen LogP contribution in [0.4, 0.5) is 0 Å². The SMILES string of the molecule is CCn1nc(Cl)c2cccc(CCN)c21. The third kappa shape index (κ3) is 1.73. The predicted molar refractivity (Wildman–Crippen MR) is 63.2 cm³/mol. The van der Waals surface area contributed by atoms with E-state index < -0.39 is 0 Å². The van der Waals surface area contributed by atoms with Crippen molar-refractivity contribution in [3.05, 3.63) is 28.9 Å². The van der Waals surface area contributed by atoms with Crippen molar-refractivity contribution in [1.29, 1.82) is 0 Å². The summed E-state index contributed by atoms with van der Waals surface area (Å²) in [7, 11) is 0. The van der Waals surface area contributed by atoms with E-state index in [2.05, 4.69) is 18.1 Å². The Morgan fingerprint density at radius 1 is 1.47 bits per heavy atom. The highest BCUT2D eigenvalue weighted by Gasteiger charge is 2.10. The lowest BCUT2D eigenvalue weighted by molar-refractivity contribution is 0.681. The molecule has 3 nitrogen and oxygen atoms in total. The third-order valence-corrected chi connectivity index (χ3v) is 2.80. The summed E-state index contributed by atoms with van der Waals surface area (Å²) in [4.78, 5) is 0. The van der Waals surface area contributed by atoms with Gasteiger partial charge in [-0.2, -0.15) is 5.10 Å². The largest absolute Gasteiger partial charge is 0.330 e. The van der Waals surface area contributed by atoms with Crippen molar-refractivity contribution >= 4 is 22.5 Å². The quantitative estimate of drug-likeness (QED) is 0.867. The average Bonchev–Trinajstić information content (AvgIpc) is 2.58. The summed E-state index contributed by atoms with van der Waals surface area (Å²) >= 11 is 6.07. The molecular weight excluding hydrogens is 210 g/mol. The molecule has 4 heteroatoms. The lowest BCUT2D eigenvalue weighted by Gasteiger charge is -2.04. The molecule has 0 radical (unpaired) electrons. The van der Waals surface area contributed by atoms with Crippen LogP contribution in [0.25, 0.3) is 10.9 Å². The molecule has 1 aromatic heterocycles. The first kappa shape index (κ1) is 10.5. The van der Waals surface area contributed by atoms with Gasteiger partial charge in [-0.3, -0.25) is 4.68 Å². The number of aromatic nitrogens is 2. The number of rotatable bonds is 3. The summed E-state index contributed by atoms with van der Waals surface area (Å²) in [6.45, 7) is 3.53. The van der Waals surface area contributed by atoms with E-state index in [0.29, 0.717) is 11.7 Å². The molecular formula is C11H14ClN3. The smallest absolute Gasteiger partial charge is 0.158 e.